The molecule has 0 atom stereocenters. The first kappa shape index (κ1) is 21.5. The predicted octanol–water partition coefficient (Wildman–Crippen LogP) is 6.40. The van der Waals surface area contributed by atoms with Gasteiger partial charge in [0.25, 0.3) is 5.91 Å². The van der Waals surface area contributed by atoms with Gasteiger partial charge in [-0.1, -0.05) is 74.3 Å². The lowest BCUT2D eigenvalue weighted by molar-refractivity contribution is -0.113. The Kier molecular flexibility index (Phi) is 6.64. The van der Waals surface area contributed by atoms with Gasteiger partial charge in [-0.3, -0.25) is 9.59 Å². The number of rotatable bonds is 3. The summed E-state index contributed by atoms with van der Waals surface area (Å²) in [6.45, 7) is 0.545. The Bertz CT molecular complexity index is 1130. The van der Waals surface area contributed by atoms with E-state index < -0.39 is 0 Å². The molecule has 0 N–H and O–H groups in total. The van der Waals surface area contributed by atoms with Crippen molar-refractivity contribution in [2.45, 2.75) is 0 Å². The molecule has 5 heteroatoms. The standard InChI is InChI=1S/C26H19Br2NO2/c27-23-10-4-6-18(14-23)12-21-16-29(26(31)20-8-2-1-3-9-20)17-22(25(21)30)13-19-7-5-11-24(28)15-19/h1-15H,16-17H2/b21-12+,22-13+. The van der Waals surface area contributed by atoms with Gasteiger partial charge in [0.2, 0.25) is 0 Å². The van der Waals surface area contributed by atoms with Crippen molar-refractivity contribution in [2.24, 2.45) is 0 Å². The van der Waals surface area contributed by atoms with E-state index in [-0.39, 0.29) is 24.8 Å². The first-order valence-corrected chi connectivity index (χ1v) is 11.4. The van der Waals surface area contributed by atoms with E-state index >= 15 is 0 Å². The number of piperidine rings is 1. The molecule has 0 unspecified atom stereocenters. The lowest BCUT2D eigenvalue weighted by Gasteiger charge is -2.30. The van der Waals surface area contributed by atoms with Crippen molar-refractivity contribution < 1.29 is 9.59 Å². The van der Waals surface area contributed by atoms with Gasteiger partial charge in [-0.25, -0.2) is 0 Å². The van der Waals surface area contributed by atoms with Crippen LogP contribution in [0.3, 0.4) is 0 Å². The highest BCUT2D eigenvalue weighted by atomic mass is 79.9. The van der Waals surface area contributed by atoms with Crippen LogP contribution in [0.4, 0.5) is 0 Å². The molecule has 0 aromatic heterocycles. The van der Waals surface area contributed by atoms with Gasteiger partial charge < -0.3 is 4.90 Å². The van der Waals surface area contributed by atoms with Crippen LogP contribution in [0.2, 0.25) is 0 Å². The van der Waals surface area contributed by atoms with Crippen LogP contribution in [0.5, 0.6) is 0 Å². The molecule has 3 aromatic rings. The number of hydrogen-bond acceptors (Lipinski definition) is 2. The minimum atomic E-state index is -0.0895. The summed E-state index contributed by atoms with van der Waals surface area (Å²) in [5.74, 6) is -0.120. The zero-order valence-electron chi connectivity index (χ0n) is 16.6. The Morgan fingerprint density at radius 3 is 1.74 bits per heavy atom. The molecule has 154 valence electrons. The Morgan fingerprint density at radius 2 is 1.26 bits per heavy atom. The van der Waals surface area contributed by atoms with E-state index in [2.05, 4.69) is 31.9 Å². The van der Waals surface area contributed by atoms with E-state index in [0.29, 0.717) is 16.7 Å². The Labute approximate surface area is 198 Å². The molecule has 3 nitrogen and oxygen atoms in total. The van der Waals surface area contributed by atoms with E-state index in [0.717, 1.165) is 20.1 Å². The van der Waals surface area contributed by atoms with Gasteiger partial charge in [0.05, 0.1) is 13.1 Å². The zero-order valence-corrected chi connectivity index (χ0v) is 19.8. The fourth-order valence-electron chi connectivity index (χ4n) is 3.54. The van der Waals surface area contributed by atoms with Gasteiger partial charge in [-0.15, -0.1) is 0 Å². The van der Waals surface area contributed by atoms with Crippen molar-refractivity contribution in [3.05, 3.63) is 116 Å². The number of amides is 1. The Balaban J connectivity index is 1.74. The molecule has 31 heavy (non-hydrogen) atoms. The van der Waals surface area contributed by atoms with Gasteiger partial charge in [0.15, 0.2) is 5.78 Å². The zero-order chi connectivity index (χ0) is 21.8. The number of halogens is 2. The van der Waals surface area contributed by atoms with E-state index in [1.807, 2.05) is 78.9 Å². The lowest BCUT2D eigenvalue weighted by Crippen LogP contribution is -2.41. The maximum atomic E-state index is 13.3. The third-order valence-electron chi connectivity index (χ3n) is 4.99. The molecule has 0 radical (unpaired) electrons. The van der Waals surface area contributed by atoms with Crippen molar-refractivity contribution in [2.75, 3.05) is 13.1 Å². The van der Waals surface area contributed by atoms with Crippen LogP contribution in [0, 0.1) is 0 Å². The molecule has 1 heterocycles. The smallest absolute Gasteiger partial charge is 0.254 e. The van der Waals surface area contributed by atoms with E-state index in [1.54, 1.807) is 17.0 Å². The summed E-state index contributed by atoms with van der Waals surface area (Å²) < 4.78 is 1.87. The Hall–Kier alpha value is -2.76. The summed E-state index contributed by atoms with van der Waals surface area (Å²) in [7, 11) is 0. The van der Waals surface area contributed by atoms with Gasteiger partial charge in [-0.2, -0.15) is 0 Å². The minimum absolute atomic E-state index is 0.0305. The van der Waals surface area contributed by atoms with Crippen LogP contribution in [0.15, 0.2) is 99.0 Å². The number of benzene rings is 3. The third kappa shape index (κ3) is 5.30. The number of Topliss-reactive ketones (excluding diaryl/α,β-unsaturated/α-hetero) is 1. The quantitative estimate of drug-likeness (QED) is 0.363. The molecular formula is C26H19Br2NO2. The van der Waals surface area contributed by atoms with E-state index in [9.17, 15) is 9.59 Å². The topological polar surface area (TPSA) is 37.4 Å². The highest BCUT2D eigenvalue weighted by Gasteiger charge is 2.29. The highest BCUT2D eigenvalue weighted by Crippen LogP contribution is 2.25. The lowest BCUT2D eigenvalue weighted by atomic mass is 9.93. The van der Waals surface area contributed by atoms with Crippen LogP contribution < -0.4 is 0 Å². The van der Waals surface area contributed by atoms with Gasteiger partial charge in [0, 0.05) is 25.7 Å². The van der Waals surface area contributed by atoms with Crippen LogP contribution in [-0.4, -0.2) is 29.7 Å². The molecule has 0 bridgehead atoms. The van der Waals surface area contributed by atoms with Crippen molar-refractivity contribution >= 4 is 55.7 Å². The summed E-state index contributed by atoms with van der Waals surface area (Å²) in [5.41, 5.74) is 3.62. The summed E-state index contributed by atoms with van der Waals surface area (Å²) in [6.07, 6.45) is 3.73. The van der Waals surface area contributed by atoms with Crippen LogP contribution >= 0.6 is 31.9 Å². The number of ketones is 1. The third-order valence-corrected chi connectivity index (χ3v) is 5.98. The molecule has 1 aliphatic rings. The van der Waals surface area contributed by atoms with Crippen molar-refractivity contribution in [1.29, 1.82) is 0 Å². The second kappa shape index (κ2) is 9.58. The Morgan fingerprint density at radius 1 is 0.742 bits per heavy atom. The summed E-state index contributed by atoms with van der Waals surface area (Å²) in [4.78, 5) is 28.2. The van der Waals surface area contributed by atoms with Crippen molar-refractivity contribution in [1.82, 2.24) is 4.90 Å². The number of likely N-dealkylation sites (tertiary alicyclic amines) is 1. The molecule has 1 fully saturated rings. The first-order chi connectivity index (χ1) is 15.0. The van der Waals surface area contributed by atoms with E-state index in [1.165, 1.54) is 0 Å². The maximum Gasteiger partial charge on any atom is 0.254 e. The maximum absolute atomic E-state index is 13.3. The van der Waals surface area contributed by atoms with Gasteiger partial charge in [-0.05, 0) is 59.7 Å². The van der Waals surface area contributed by atoms with Crippen LogP contribution in [0.25, 0.3) is 12.2 Å². The first-order valence-electron chi connectivity index (χ1n) is 9.81. The summed E-state index contributed by atoms with van der Waals surface area (Å²) in [6, 6.07) is 24.7. The second-order valence-electron chi connectivity index (χ2n) is 7.31. The molecule has 1 amide bonds. The monoisotopic (exact) mass is 535 g/mol. The SMILES string of the molecule is O=C1/C(=C/c2cccc(Br)c2)CN(C(=O)c2ccccc2)C/C1=C\c1cccc(Br)c1. The molecule has 4 rings (SSSR count). The average Bonchev–Trinajstić information content (AvgIpc) is 2.76. The van der Waals surface area contributed by atoms with Crippen LogP contribution in [0.1, 0.15) is 21.5 Å². The predicted molar refractivity (Wildman–Crippen MR) is 132 cm³/mol. The number of carbonyl (C=O) groups is 2. The van der Waals surface area contributed by atoms with Gasteiger partial charge in [0.1, 0.15) is 0 Å². The molecule has 0 spiro atoms. The molecule has 0 aliphatic carbocycles. The minimum Gasteiger partial charge on any atom is -0.330 e. The van der Waals surface area contributed by atoms with Gasteiger partial charge >= 0.3 is 0 Å². The molecule has 0 saturated carbocycles. The fraction of sp³-hybridized carbons (Fsp3) is 0.0769. The number of nitrogens with zero attached hydrogens (tertiary/aromatic N) is 1. The van der Waals surface area contributed by atoms with Crippen molar-refractivity contribution in [3.63, 3.8) is 0 Å². The van der Waals surface area contributed by atoms with E-state index in [4.69, 9.17) is 0 Å². The molecule has 1 saturated heterocycles. The summed E-state index contributed by atoms with van der Waals surface area (Å²) in [5, 5.41) is 0. The number of hydrogen-bond donors (Lipinski definition) is 0. The largest absolute Gasteiger partial charge is 0.330 e. The summed E-state index contributed by atoms with van der Waals surface area (Å²) >= 11 is 6.95. The second-order valence-corrected chi connectivity index (χ2v) is 9.14. The van der Waals surface area contributed by atoms with Crippen LogP contribution in [-0.2, 0) is 4.79 Å². The normalized spacial score (nSPS) is 16.7. The molecule has 1 aliphatic heterocycles. The molecule has 3 aromatic carbocycles. The highest BCUT2D eigenvalue weighted by molar-refractivity contribution is 9.10. The molecular weight excluding hydrogens is 518 g/mol. The number of carbonyl (C=O) groups excluding carboxylic acids is 2. The van der Waals surface area contributed by atoms with Crippen molar-refractivity contribution in [3.8, 4) is 0 Å². The average molecular weight is 537 g/mol. The fourth-order valence-corrected chi connectivity index (χ4v) is 4.38.